The monoisotopic (exact) mass is 532 g/mol. The smallest absolute Gasteiger partial charge is 0.417 e. The highest BCUT2D eigenvalue weighted by molar-refractivity contribution is 8.28. The van der Waals surface area contributed by atoms with Crippen molar-refractivity contribution >= 4 is 34.3 Å². The molecule has 2 aromatic carbocycles. The number of ether oxygens (including phenoxy) is 1. The van der Waals surface area contributed by atoms with Crippen molar-refractivity contribution in [3.63, 3.8) is 0 Å². The summed E-state index contributed by atoms with van der Waals surface area (Å²) in [7, 11) is 0. The number of hydrogen-bond acceptors (Lipinski definition) is 6. The summed E-state index contributed by atoms with van der Waals surface area (Å²) in [6.07, 6.45) is -3.28. The number of nitriles is 1. The minimum Gasteiger partial charge on any atom is -0.487 e. The number of alkyl halides is 3. The molecule has 2 aliphatic rings. The zero-order valence-electron chi connectivity index (χ0n) is 18.9. The standard InChI is InChI=1S/C23H24F4N4O2S.ClH/c1-22(2)21(32)34(17-5-3-14(13-28)18(12-17)23(25,26)27)30-31(22)15-4-6-20(19(24)11-15)33-16-7-9-29-10-8-16;/h3-6,11-12,16,29-30,34H,7-10H2,1-2H3;1H. The van der Waals surface area contributed by atoms with Gasteiger partial charge in [-0.05, 0) is 70.1 Å². The van der Waals surface area contributed by atoms with Crippen LogP contribution < -0.4 is 19.9 Å². The molecule has 190 valence electrons. The second kappa shape index (κ2) is 10.2. The van der Waals surface area contributed by atoms with Crippen molar-refractivity contribution in [3.05, 3.63) is 53.3 Å². The Bertz CT molecular complexity index is 1150. The highest BCUT2D eigenvalue weighted by Crippen LogP contribution is 2.48. The third-order valence-corrected chi connectivity index (χ3v) is 8.07. The van der Waals surface area contributed by atoms with Crippen molar-refractivity contribution in [2.45, 2.75) is 49.4 Å². The molecule has 6 nitrogen and oxygen atoms in total. The number of anilines is 1. The van der Waals surface area contributed by atoms with E-state index in [1.165, 1.54) is 29.3 Å². The maximum absolute atomic E-state index is 14.9. The molecule has 35 heavy (non-hydrogen) atoms. The number of hydrogen-bond donors (Lipinski definition) is 3. The van der Waals surface area contributed by atoms with Gasteiger partial charge < -0.3 is 10.1 Å². The van der Waals surface area contributed by atoms with Crippen LogP contribution in [0, 0.1) is 17.1 Å². The van der Waals surface area contributed by atoms with E-state index in [-0.39, 0.29) is 34.3 Å². The quantitative estimate of drug-likeness (QED) is 0.385. The summed E-state index contributed by atoms with van der Waals surface area (Å²) < 4.78 is 60.9. The van der Waals surface area contributed by atoms with E-state index in [2.05, 4.69) is 10.1 Å². The number of rotatable bonds is 4. The summed E-state index contributed by atoms with van der Waals surface area (Å²) >= 11 is -1.90. The largest absolute Gasteiger partial charge is 0.487 e. The van der Waals surface area contributed by atoms with Crippen molar-refractivity contribution in [2.24, 2.45) is 0 Å². The SMILES string of the molecule is CC1(C)C(=O)[SH](c2ccc(C#N)c(C(F)(F)F)c2)NN1c1ccc(OC2CCNCC2)c(F)c1.Cl. The topological polar surface area (TPSA) is 77.4 Å². The van der Waals surface area contributed by atoms with Gasteiger partial charge in [-0.2, -0.15) is 23.3 Å². The number of carbonyl (C=O) groups is 1. The summed E-state index contributed by atoms with van der Waals surface area (Å²) in [5.74, 6) is -0.474. The van der Waals surface area contributed by atoms with Crippen LogP contribution in [-0.4, -0.2) is 29.8 Å². The van der Waals surface area contributed by atoms with Gasteiger partial charge in [-0.25, -0.2) is 4.39 Å². The molecule has 2 aliphatic heterocycles. The van der Waals surface area contributed by atoms with E-state index >= 15 is 0 Å². The molecule has 0 aromatic heterocycles. The summed E-state index contributed by atoms with van der Waals surface area (Å²) in [6.45, 7) is 4.84. The fraction of sp³-hybridized carbons (Fsp3) is 0.391. The van der Waals surface area contributed by atoms with Gasteiger partial charge in [0.2, 0.25) is 5.12 Å². The molecule has 2 N–H and O–H groups in total. The predicted octanol–water partition coefficient (Wildman–Crippen LogP) is 4.87. The number of hydrazine groups is 1. The number of halogens is 5. The van der Waals surface area contributed by atoms with Gasteiger partial charge in [-0.1, -0.05) is 11.1 Å². The first-order chi connectivity index (χ1) is 16.0. The molecule has 1 atom stereocenters. The summed E-state index contributed by atoms with van der Waals surface area (Å²) in [4.78, 5) is 16.3. The van der Waals surface area contributed by atoms with Crippen LogP contribution in [0.4, 0.5) is 23.2 Å². The van der Waals surface area contributed by atoms with E-state index in [1.807, 2.05) is 0 Å². The molecule has 2 fully saturated rings. The lowest BCUT2D eigenvalue weighted by molar-refractivity contribution is -0.138. The minimum atomic E-state index is -4.73. The third kappa shape index (κ3) is 5.35. The molecule has 2 saturated heterocycles. The average Bonchev–Trinajstić information content (AvgIpc) is 3.04. The van der Waals surface area contributed by atoms with E-state index in [9.17, 15) is 22.4 Å². The molecule has 12 heteroatoms. The Balaban J connectivity index is 0.00000342. The number of nitrogens with zero attached hydrogens (tertiary/aromatic N) is 2. The summed E-state index contributed by atoms with van der Waals surface area (Å²) in [6, 6.07) is 9.15. The van der Waals surface area contributed by atoms with Gasteiger partial charge >= 0.3 is 6.18 Å². The Hall–Kier alpha value is -2.52. The average molecular weight is 533 g/mol. The highest BCUT2D eigenvalue weighted by Gasteiger charge is 2.47. The van der Waals surface area contributed by atoms with Crippen molar-refractivity contribution < 1.29 is 27.1 Å². The summed E-state index contributed by atoms with van der Waals surface area (Å²) in [5, 5.41) is 13.4. The Morgan fingerprint density at radius 3 is 2.46 bits per heavy atom. The number of benzene rings is 2. The first-order valence-corrected chi connectivity index (χ1v) is 12.1. The normalized spacial score (nSPS) is 21.3. The van der Waals surface area contributed by atoms with Gasteiger partial charge in [-0.3, -0.25) is 9.80 Å². The van der Waals surface area contributed by atoms with Crippen LogP contribution in [0.5, 0.6) is 5.75 Å². The maximum Gasteiger partial charge on any atom is 0.417 e. The lowest BCUT2D eigenvalue weighted by atomic mass is 10.1. The number of piperidine rings is 1. The van der Waals surface area contributed by atoms with Crippen molar-refractivity contribution in [3.8, 4) is 11.8 Å². The van der Waals surface area contributed by atoms with Gasteiger partial charge in [0.1, 0.15) is 11.6 Å². The zero-order valence-corrected chi connectivity index (χ0v) is 20.7. The van der Waals surface area contributed by atoms with Crippen LogP contribution in [0.1, 0.15) is 37.8 Å². The molecule has 0 aliphatic carbocycles. The van der Waals surface area contributed by atoms with Crippen LogP contribution in [0.2, 0.25) is 0 Å². The number of thiol groups is 1. The van der Waals surface area contributed by atoms with Gasteiger partial charge in [0.25, 0.3) is 0 Å². The fourth-order valence-corrected chi connectivity index (χ4v) is 6.15. The number of carbonyl (C=O) groups excluding carboxylic acids is 1. The van der Waals surface area contributed by atoms with E-state index < -0.39 is 39.7 Å². The maximum atomic E-state index is 14.9. The third-order valence-electron chi connectivity index (χ3n) is 5.93. The second-order valence-corrected chi connectivity index (χ2v) is 10.4. The molecule has 2 aromatic rings. The lowest BCUT2D eigenvalue weighted by Crippen LogP contribution is -2.46. The lowest BCUT2D eigenvalue weighted by Gasteiger charge is -2.30. The molecular weight excluding hydrogens is 508 g/mol. The molecule has 4 rings (SSSR count). The zero-order chi connectivity index (χ0) is 24.7. The Morgan fingerprint density at radius 2 is 1.86 bits per heavy atom. The van der Waals surface area contributed by atoms with Crippen molar-refractivity contribution in [1.29, 1.82) is 5.26 Å². The van der Waals surface area contributed by atoms with Crippen LogP contribution in [0.25, 0.3) is 0 Å². The Kier molecular flexibility index (Phi) is 7.91. The van der Waals surface area contributed by atoms with Gasteiger partial charge in [-0.15, -0.1) is 12.4 Å². The first kappa shape index (κ1) is 27.1. The molecule has 0 spiro atoms. The highest BCUT2D eigenvalue weighted by atomic mass is 35.5. The van der Waals surface area contributed by atoms with Crippen molar-refractivity contribution in [2.75, 3.05) is 18.1 Å². The van der Waals surface area contributed by atoms with E-state index in [4.69, 9.17) is 10.00 Å². The fourth-order valence-electron chi connectivity index (χ4n) is 4.02. The van der Waals surface area contributed by atoms with Crippen molar-refractivity contribution in [1.82, 2.24) is 10.1 Å². The molecule has 0 saturated carbocycles. The Morgan fingerprint density at radius 1 is 1.17 bits per heavy atom. The molecule has 0 amide bonds. The van der Waals surface area contributed by atoms with Crippen LogP contribution in [0.15, 0.2) is 41.3 Å². The summed E-state index contributed by atoms with van der Waals surface area (Å²) in [5.41, 5.74) is -2.41. The van der Waals surface area contributed by atoms with Crippen LogP contribution in [-0.2, 0) is 11.0 Å². The molecule has 0 bridgehead atoms. The van der Waals surface area contributed by atoms with Gasteiger partial charge in [0.05, 0.1) is 22.9 Å². The van der Waals surface area contributed by atoms with Crippen LogP contribution in [0.3, 0.4) is 0 Å². The predicted molar refractivity (Wildman–Crippen MR) is 128 cm³/mol. The van der Waals surface area contributed by atoms with E-state index in [0.29, 0.717) is 5.69 Å². The Labute approximate surface area is 209 Å². The van der Waals surface area contributed by atoms with Crippen LogP contribution >= 0.6 is 23.5 Å². The molecule has 2 heterocycles. The second-order valence-electron chi connectivity index (χ2n) is 8.66. The number of nitrogens with one attached hydrogen (secondary N) is 2. The van der Waals surface area contributed by atoms with Gasteiger partial charge in [0.15, 0.2) is 11.6 Å². The van der Waals surface area contributed by atoms with E-state index in [1.54, 1.807) is 19.9 Å². The molecular formula is C23H25ClF4N4O2S. The van der Waals surface area contributed by atoms with E-state index in [0.717, 1.165) is 38.1 Å². The van der Waals surface area contributed by atoms with Gasteiger partial charge in [0, 0.05) is 11.0 Å². The minimum absolute atomic E-state index is 0. The first-order valence-electron chi connectivity index (χ1n) is 10.7. The molecule has 1 unspecified atom stereocenters. The molecule has 0 radical (unpaired) electrons.